The molecule has 0 aromatic rings. The molecule has 0 heterocycles. The summed E-state index contributed by atoms with van der Waals surface area (Å²) in [6.45, 7) is 3.73. The average Bonchev–Trinajstić information content (AvgIpc) is 1.82. The molecule has 0 aliphatic rings. The third-order valence-corrected chi connectivity index (χ3v) is 1.39. The number of carbonyl (C=O) groups excluding carboxylic acids is 1. The average molecular weight is 136 g/mol. The van der Waals surface area contributed by atoms with Gasteiger partial charge in [-0.3, -0.25) is 0 Å². The van der Waals surface area contributed by atoms with Gasteiger partial charge in [-0.1, -0.05) is 26.7 Å². The van der Waals surface area contributed by atoms with Crippen LogP contribution in [0.2, 0.25) is 0 Å². The number of aliphatic carboxylic acids is 1. The molecule has 0 amide bonds. The largest absolute Gasteiger partial charge is 1.00 e. The zero-order valence-electron chi connectivity index (χ0n) is 7.02. The minimum absolute atomic E-state index is 0. The minimum atomic E-state index is -0.927. The first-order chi connectivity index (χ1) is 4.18. The number of carboxylic acids is 1. The maximum absolute atomic E-state index is 10.1. The molecule has 0 saturated carbocycles. The predicted molar refractivity (Wildman–Crippen MR) is 33.7 cm³/mol. The van der Waals surface area contributed by atoms with Crippen LogP contribution in [-0.4, -0.2) is 5.97 Å². The molecule has 0 aromatic heterocycles. The molecule has 0 spiro atoms. The van der Waals surface area contributed by atoms with E-state index in [0.717, 1.165) is 19.3 Å². The Balaban J connectivity index is 0. The first kappa shape index (κ1) is 12.7. The van der Waals surface area contributed by atoms with Crippen LogP contribution in [0.3, 0.4) is 0 Å². The van der Waals surface area contributed by atoms with Crippen molar-refractivity contribution in [3.8, 4) is 0 Å². The molecule has 0 rings (SSSR count). The molecule has 0 saturated heterocycles. The fourth-order valence-corrected chi connectivity index (χ4v) is 0.628. The minimum Gasteiger partial charge on any atom is -0.550 e. The molecular weight excluding hydrogens is 123 g/mol. The van der Waals surface area contributed by atoms with Crippen molar-refractivity contribution in [2.75, 3.05) is 0 Å². The fraction of sp³-hybridized carbons (Fsp3) is 0.857. The molecule has 10 heavy (non-hydrogen) atoms. The Morgan fingerprint density at radius 2 is 2.10 bits per heavy atom. The second-order valence-corrected chi connectivity index (χ2v) is 2.36. The molecule has 0 bridgehead atoms. The Labute approximate surface area is 74.2 Å². The van der Waals surface area contributed by atoms with E-state index >= 15 is 0 Å². The van der Waals surface area contributed by atoms with Crippen LogP contribution in [0.4, 0.5) is 0 Å². The van der Waals surface area contributed by atoms with Gasteiger partial charge in [0.2, 0.25) is 0 Å². The van der Waals surface area contributed by atoms with Crippen molar-refractivity contribution in [2.45, 2.75) is 33.1 Å². The Bertz CT molecular complexity index is 93.6. The van der Waals surface area contributed by atoms with Gasteiger partial charge in [0, 0.05) is 5.97 Å². The predicted octanol–water partition coefficient (Wildman–Crippen LogP) is -2.43. The first-order valence-electron chi connectivity index (χ1n) is 3.39. The monoisotopic (exact) mass is 136 g/mol. The summed E-state index contributed by atoms with van der Waals surface area (Å²) in [7, 11) is 0. The van der Waals surface area contributed by atoms with Gasteiger partial charge in [-0.25, -0.2) is 0 Å². The fourth-order valence-electron chi connectivity index (χ4n) is 0.628. The van der Waals surface area contributed by atoms with Gasteiger partial charge in [0.05, 0.1) is 0 Å². The van der Waals surface area contributed by atoms with Crippen molar-refractivity contribution < 1.29 is 28.8 Å². The van der Waals surface area contributed by atoms with Gasteiger partial charge in [-0.15, -0.1) is 0 Å². The van der Waals surface area contributed by atoms with Crippen molar-refractivity contribution >= 4 is 5.97 Å². The van der Waals surface area contributed by atoms with Crippen LogP contribution >= 0.6 is 0 Å². The van der Waals surface area contributed by atoms with Crippen LogP contribution in [0.15, 0.2) is 0 Å². The second kappa shape index (κ2) is 7.18. The number of hydrogen-bond acceptors (Lipinski definition) is 2. The molecule has 1 atom stereocenters. The zero-order chi connectivity index (χ0) is 7.28. The van der Waals surface area contributed by atoms with Crippen LogP contribution in [0.1, 0.15) is 33.1 Å². The molecule has 54 valence electrons. The Hall–Kier alpha value is 0.0674. The third kappa shape index (κ3) is 6.19. The molecule has 0 aliphatic heterocycles. The summed E-state index contributed by atoms with van der Waals surface area (Å²) in [4.78, 5) is 10.1. The molecule has 3 heteroatoms. The van der Waals surface area contributed by atoms with Crippen LogP contribution in [0, 0.1) is 5.92 Å². The van der Waals surface area contributed by atoms with E-state index in [4.69, 9.17) is 0 Å². The Morgan fingerprint density at radius 3 is 2.40 bits per heavy atom. The summed E-state index contributed by atoms with van der Waals surface area (Å²) in [5, 5.41) is 10.1. The van der Waals surface area contributed by atoms with Gasteiger partial charge in [0.25, 0.3) is 0 Å². The van der Waals surface area contributed by atoms with Gasteiger partial charge >= 0.3 is 18.9 Å². The van der Waals surface area contributed by atoms with Gasteiger partial charge in [0.1, 0.15) is 0 Å². The molecule has 0 aromatic carbocycles. The van der Waals surface area contributed by atoms with Crippen molar-refractivity contribution in [3.63, 3.8) is 0 Å². The van der Waals surface area contributed by atoms with E-state index < -0.39 is 5.97 Å². The van der Waals surface area contributed by atoms with Crippen molar-refractivity contribution in [1.82, 2.24) is 0 Å². The van der Waals surface area contributed by atoms with E-state index in [-0.39, 0.29) is 24.8 Å². The Morgan fingerprint density at radius 1 is 1.60 bits per heavy atom. The van der Waals surface area contributed by atoms with Gasteiger partial charge in [0.15, 0.2) is 0 Å². The SMILES string of the molecule is CCCCC(C)C(=O)[O-].[Li+]. The maximum Gasteiger partial charge on any atom is 1.00 e. The quantitative estimate of drug-likeness (QED) is 0.403. The van der Waals surface area contributed by atoms with Crippen molar-refractivity contribution in [1.29, 1.82) is 0 Å². The standard InChI is InChI=1S/C7H14O2.Li/c1-3-4-5-6(2)7(8)9;/h6H,3-5H2,1-2H3,(H,8,9);/q;+1/p-1. The van der Waals surface area contributed by atoms with Crippen molar-refractivity contribution in [3.05, 3.63) is 0 Å². The number of unbranched alkanes of at least 4 members (excludes halogenated alkanes) is 1. The molecule has 2 nitrogen and oxygen atoms in total. The molecule has 0 aliphatic carbocycles. The van der Waals surface area contributed by atoms with E-state index in [2.05, 4.69) is 0 Å². The second-order valence-electron chi connectivity index (χ2n) is 2.36. The van der Waals surface area contributed by atoms with E-state index in [1.165, 1.54) is 0 Å². The maximum atomic E-state index is 10.1. The summed E-state index contributed by atoms with van der Waals surface area (Å²) in [6, 6.07) is 0. The number of hydrogen-bond donors (Lipinski definition) is 0. The van der Waals surface area contributed by atoms with Gasteiger partial charge in [-0.05, 0) is 12.3 Å². The summed E-state index contributed by atoms with van der Waals surface area (Å²) in [6.07, 6.45) is 2.78. The van der Waals surface area contributed by atoms with Crippen LogP contribution in [0.5, 0.6) is 0 Å². The van der Waals surface area contributed by atoms with Crippen LogP contribution < -0.4 is 24.0 Å². The van der Waals surface area contributed by atoms with Gasteiger partial charge in [-0.2, -0.15) is 0 Å². The zero-order valence-corrected chi connectivity index (χ0v) is 7.02. The van der Waals surface area contributed by atoms with E-state index in [9.17, 15) is 9.90 Å². The smallest absolute Gasteiger partial charge is 0.550 e. The topological polar surface area (TPSA) is 40.1 Å². The van der Waals surface area contributed by atoms with Crippen molar-refractivity contribution in [2.24, 2.45) is 5.92 Å². The normalized spacial score (nSPS) is 11.8. The van der Waals surface area contributed by atoms with Gasteiger partial charge < -0.3 is 9.90 Å². The summed E-state index contributed by atoms with van der Waals surface area (Å²) >= 11 is 0. The third-order valence-electron chi connectivity index (χ3n) is 1.39. The summed E-state index contributed by atoms with van der Waals surface area (Å²) in [5.74, 6) is -1.20. The summed E-state index contributed by atoms with van der Waals surface area (Å²) in [5.41, 5.74) is 0. The summed E-state index contributed by atoms with van der Waals surface area (Å²) < 4.78 is 0. The van der Waals surface area contributed by atoms with E-state index in [1.54, 1.807) is 6.92 Å². The van der Waals surface area contributed by atoms with Crippen LogP contribution in [0.25, 0.3) is 0 Å². The first-order valence-corrected chi connectivity index (χ1v) is 3.39. The number of carboxylic acid groups (broad SMARTS) is 1. The molecule has 0 N–H and O–H groups in total. The number of carbonyl (C=O) groups is 1. The van der Waals surface area contributed by atoms with E-state index in [1.807, 2.05) is 6.92 Å². The molecule has 1 unspecified atom stereocenters. The number of rotatable bonds is 4. The van der Waals surface area contributed by atoms with Crippen LogP contribution in [-0.2, 0) is 4.79 Å². The molecular formula is C7H13LiO2. The Kier molecular flexibility index (Phi) is 9.13. The van der Waals surface area contributed by atoms with E-state index in [0.29, 0.717) is 0 Å². The molecule has 0 fully saturated rings. The molecule has 0 radical (unpaired) electrons.